The van der Waals surface area contributed by atoms with E-state index in [1.807, 2.05) is 13.8 Å². The van der Waals surface area contributed by atoms with Crippen molar-refractivity contribution < 1.29 is 24.5 Å². The highest BCUT2D eigenvalue weighted by atomic mass is 16.5. The van der Waals surface area contributed by atoms with Crippen molar-refractivity contribution in [3.63, 3.8) is 0 Å². The monoisotopic (exact) mass is 267 g/mol. The number of aliphatic hydroxyl groups excluding tert-OH is 1. The smallest absolute Gasteiger partial charge is 0.328 e. The molecule has 0 aliphatic carbocycles. The molecule has 1 aromatic carbocycles. The van der Waals surface area contributed by atoms with Crippen molar-refractivity contribution >= 4 is 11.9 Å². The second kappa shape index (κ2) is 6.75. The van der Waals surface area contributed by atoms with E-state index in [4.69, 9.17) is 14.9 Å². The molecule has 0 fully saturated rings. The first-order valence-electron chi connectivity index (χ1n) is 5.85. The molecule has 3 N–H and O–H groups in total. The van der Waals surface area contributed by atoms with E-state index in [1.165, 1.54) is 12.1 Å². The summed E-state index contributed by atoms with van der Waals surface area (Å²) < 4.78 is 5.42. The third-order valence-electron chi connectivity index (χ3n) is 2.27. The zero-order valence-corrected chi connectivity index (χ0v) is 10.8. The number of amides is 1. The Morgan fingerprint density at radius 2 is 1.84 bits per heavy atom. The molecule has 6 nitrogen and oxygen atoms in total. The zero-order valence-electron chi connectivity index (χ0n) is 10.8. The number of carboxylic acid groups (broad SMARTS) is 1. The van der Waals surface area contributed by atoms with Crippen molar-refractivity contribution in [1.82, 2.24) is 5.32 Å². The lowest BCUT2D eigenvalue weighted by Gasteiger charge is -2.12. The summed E-state index contributed by atoms with van der Waals surface area (Å²) in [6, 6.07) is 5.01. The SMILES string of the molecule is CC(C)Oc1ccc(C(=O)N[C@@H](CO)C(=O)O)cc1. The van der Waals surface area contributed by atoms with Gasteiger partial charge in [-0.15, -0.1) is 0 Å². The van der Waals surface area contributed by atoms with Crippen LogP contribution < -0.4 is 10.1 Å². The maximum Gasteiger partial charge on any atom is 0.328 e. The van der Waals surface area contributed by atoms with Crippen LogP contribution in [-0.4, -0.2) is 40.8 Å². The summed E-state index contributed by atoms with van der Waals surface area (Å²) in [6.45, 7) is 3.12. The van der Waals surface area contributed by atoms with Crippen LogP contribution in [0.3, 0.4) is 0 Å². The number of carbonyl (C=O) groups excluding carboxylic acids is 1. The maximum absolute atomic E-state index is 11.7. The number of benzene rings is 1. The van der Waals surface area contributed by atoms with Gasteiger partial charge in [-0.1, -0.05) is 0 Å². The van der Waals surface area contributed by atoms with Crippen molar-refractivity contribution in [1.29, 1.82) is 0 Å². The predicted octanol–water partition coefficient (Wildman–Crippen LogP) is 0.649. The molecule has 0 saturated heterocycles. The summed E-state index contributed by atoms with van der Waals surface area (Å²) in [5, 5.41) is 19.8. The minimum Gasteiger partial charge on any atom is -0.491 e. The van der Waals surface area contributed by atoms with Gasteiger partial charge in [0.05, 0.1) is 12.7 Å². The van der Waals surface area contributed by atoms with Crippen LogP contribution in [0.5, 0.6) is 5.75 Å². The van der Waals surface area contributed by atoms with Crippen LogP contribution in [0, 0.1) is 0 Å². The number of ether oxygens (including phenoxy) is 1. The second-order valence-electron chi connectivity index (χ2n) is 4.24. The van der Waals surface area contributed by atoms with Gasteiger partial charge in [0.15, 0.2) is 6.04 Å². The molecule has 0 aliphatic heterocycles. The predicted molar refractivity (Wildman–Crippen MR) is 68.2 cm³/mol. The van der Waals surface area contributed by atoms with Gasteiger partial charge in [-0.05, 0) is 38.1 Å². The fourth-order valence-corrected chi connectivity index (χ4v) is 1.38. The number of hydrogen-bond donors (Lipinski definition) is 3. The van der Waals surface area contributed by atoms with E-state index in [9.17, 15) is 9.59 Å². The van der Waals surface area contributed by atoms with Crippen LogP contribution in [0.1, 0.15) is 24.2 Å². The van der Waals surface area contributed by atoms with E-state index in [-0.39, 0.29) is 6.10 Å². The highest BCUT2D eigenvalue weighted by Crippen LogP contribution is 2.13. The van der Waals surface area contributed by atoms with E-state index in [0.717, 1.165) is 0 Å². The molecule has 0 heterocycles. The highest BCUT2D eigenvalue weighted by Gasteiger charge is 2.19. The number of nitrogens with one attached hydrogen (secondary N) is 1. The van der Waals surface area contributed by atoms with Crippen molar-refractivity contribution in [3.05, 3.63) is 29.8 Å². The van der Waals surface area contributed by atoms with Crippen LogP contribution in [-0.2, 0) is 4.79 Å². The fraction of sp³-hybridized carbons (Fsp3) is 0.385. The summed E-state index contributed by atoms with van der Waals surface area (Å²) >= 11 is 0. The quantitative estimate of drug-likeness (QED) is 0.703. The van der Waals surface area contributed by atoms with Gasteiger partial charge in [0, 0.05) is 5.56 Å². The Bertz CT molecular complexity index is 441. The van der Waals surface area contributed by atoms with Gasteiger partial charge in [0.2, 0.25) is 0 Å². The van der Waals surface area contributed by atoms with E-state index < -0.39 is 24.5 Å². The van der Waals surface area contributed by atoms with Gasteiger partial charge in [0.1, 0.15) is 5.75 Å². The van der Waals surface area contributed by atoms with Crippen molar-refractivity contribution in [2.24, 2.45) is 0 Å². The van der Waals surface area contributed by atoms with Crippen LogP contribution in [0.25, 0.3) is 0 Å². The molecule has 0 aromatic heterocycles. The zero-order chi connectivity index (χ0) is 14.4. The molecule has 1 amide bonds. The van der Waals surface area contributed by atoms with Gasteiger partial charge >= 0.3 is 5.97 Å². The number of hydrogen-bond acceptors (Lipinski definition) is 4. The maximum atomic E-state index is 11.7. The first kappa shape index (κ1) is 15.0. The Morgan fingerprint density at radius 1 is 1.26 bits per heavy atom. The lowest BCUT2D eigenvalue weighted by atomic mass is 10.2. The molecule has 0 saturated carbocycles. The second-order valence-corrected chi connectivity index (χ2v) is 4.24. The van der Waals surface area contributed by atoms with E-state index >= 15 is 0 Å². The molecule has 1 atom stereocenters. The minimum absolute atomic E-state index is 0.0328. The molecule has 0 radical (unpaired) electrons. The molecule has 0 unspecified atom stereocenters. The van der Waals surface area contributed by atoms with Gasteiger partial charge < -0.3 is 20.3 Å². The van der Waals surface area contributed by atoms with Gasteiger partial charge in [0.25, 0.3) is 5.91 Å². The summed E-state index contributed by atoms with van der Waals surface area (Å²) in [6.07, 6.45) is 0.0328. The number of aliphatic hydroxyl groups is 1. The van der Waals surface area contributed by atoms with Crippen molar-refractivity contribution in [2.45, 2.75) is 26.0 Å². The lowest BCUT2D eigenvalue weighted by molar-refractivity contribution is -0.140. The largest absolute Gasteiger partial charge is 0.491 e. The van der Waals surface area contributed by atoms with Crippen LogP contribution in [0.4, 0.5) is 0 Å². The standard InChI is InChI=1S/C13H17NO5/c1-8(2)19-10-5-3-9(4-6-10)12(16)14-11(7-15)13(17)18/h3-6,8,11,15H,7H2,1-2H3,(H,14,16)(H,17,18)/t11-/m0/s1. The molecular formula is C13H17NO5. The average molecular weight is 267 g/mol. The fourth-order valence-electron chi connectivity index (χ4n) is 1.38. The topological polar surface area (TPSA) is 95.9 Å². The minimum atomic E-state index is -1.31. The number of rotatable bonds is 6. The average Bonchev–Trinajstić information content (AvgIpc) is 2.35. The Kier molecular flexibility index (Phi) is 5.32. The molecular weight excluding hydrogens is 250 g/mol. The van der Waals surface area contributed by atoms with Crippen LogP contribution in [0.15, 0.2) is 24.3 Å². The summed E-state index contributed by atoms with van der Waals surface area (Å²) in [5.41, 5.74) is 0.302. The van der Waals surface area contributed by atoms with E-state index in [0.29, 0.717) is 11.3 Å². The van der Waals surface area contributed by atoms with Crippen molar-refractivity contribution in [3.8, 4) is 5.75 Å². The summed E-state index contributed by atoms with van der Waals surface area (Å²) in [5.74, 6) is -1.21. The van der Waals surface area contributed by atoms with E-state index in [2.05, 4.69) is 5.32 Å². The van der Waals surface area contributed by atoms with Crippen molar-refractivity contribution in [2.75, 3.05) is 6.61 Å². The molecule has 0 aliphatic rings. The summed E-state index contributed by atoms with van der Waals surface area (Å²) in [7, 11) is 0. The molecule has 0 bridgehead atoms. The van der Waals surface area contributed by atoms with Gasteiger partial charge in [-0.3, -0.25) is 4.79 Å². The van der Waals surface area contributed by atoms with E-state index in [1.54, 1.807) is 12.1 Å². The Labute approximate surface area is 111 Å². The first-order chi connectivity index (χ1) is 8.93. The van der Waals surface area contributed by atoms with Crippen LogP contribution >= 0.6 is 0 Å². The lowest BCUT2D eigenvalue weighted by Crippen LogP contribution is -2.43. The molecule has 104 valence electrons. The first-order valence-corrected chi connectivity index (χ1v) is 5.85. The highest BCUT2D eigenvalue weighted by molar-refractivity contribution is 5.96. The normalized spacial score (nSPS) is 12.0. The third-order valence-corrected chi connectivity index (χ3v) is 2.27. The number of aliphatic carboxylic acids is 1. The van der Waals surface area contributed by atoms with Gasteiger partial charge in [-0.25, -0.2) is 4.79 Å². The summed E-state index contributed by atoms with van der Waals surface area (Å²) in [4.78, 5) is 22.4. The molecule has 19 heavy (non-hydrogen) atoms. The third kappa shape index (κ3) is 4.59. The van der Waals surface area contributed by atoms with Crippen LogP contribution in [0.2, 0.25) is 0 Å². The Morgan fingerprint density at radius 3 is 2.26 bits per heavy atom. The molecule has 1 rings (SSSR count). The number of carboxylic acids is 1. The molecule has 1 aromatic rings. The number of carbonyl (C=O) groups is 2. The Balaban J connectivity index is 2.70. The molecule has 0 spiro atoms. The molecule has 6 heteroatoms. The van der Waals surface area contributed by atoms with Gasteiger partial charge in [-0.2, -0.15) is 0 Å². The Hall–Kier alpha value is -2.08.